The molecule has 5 heteroatoms. The molecule has 1 heterocycles. The highest BCUT2D eigenvalue weighted by atomic mass is 19.4. The van der Waals surface area contributed by atoms with Crippen LogP contribution in [0.2, 0.25) is 0 Å². The summed E-state index contributed by atoms with van der Waals surface area (Å²) in [6.07, 6.45) is -1.28. The molecule has 2 aliphatic rings. The topological polar surface area (TPSA) is 21.3 Å². The SMILES string of the molecule is CC1(C)C(NCCCCC(F)(F)F)C2CCCOC21. The van der Waals surface area contributed by atoms with Crippen molar-refractivity contribution < 1.29 is 17.9 Å². The monoisotopic (exact) mass is 279 g/mol. The van der Waals surface area contributed by atoms with Gasteiger partial charge in [-0.3, -0.25) is 0 Å². The fourth-order valence-corrected chi connectivity index (χ4v) is 3.64. The van der Waals surface area contributed by atoms with Gasteiger partial charge in [-0.15, -0.1) is 0 Å². The molecular weight excluding hydrogens is 255 g/mol. The molecule has 0 aromatic rings. The van der Waals surface area contributed by atoms with Gasteiger partial charge in [0.15, 0.2) is 0 Å². The van der Waals surface area contributed by atoms with E-state index in [1.165, 1.54) is 6.42 Å². The van der Waals surface area contributed by atoms with Gasteiger partial charge in [0.2, 0.25) is 0 Å². The van der Waals surface area contributed by atoms with Gasteiger partial charge in [-0.05, 0) is 32.2 Å². The second kappa shape index (κ2) is 5.60. The van der Waals surface area contributed by atoms with Gasteiger partial charge in [0.05, 0.1) is 6.10 Å². The summed E-state index contributed by atoms with van der Waals surface area (Å²) in [6, 6.07) is 0.392. The zero-order chi connectivity index (χ0) is 14.1. The number of halogens is 3. The minimum atomic E-state index is -4.02. The van der Waals surface area contributed by atoms with Crippen LogP contribution in [0.5, 0.6) is 0 Å². The summed E-state index contributed by atoms with van der Waals surface area (Å²) in [5.74, 6) is 0.548. The van der Waals surface area contributed by atoms with E-state index in [-0.39, 0.29) is 11.8 Å². The Kier molecular flexibility index (Phi) is 4.45. The first-order chi connectivity index (χ1) is 8.82. The lowest BCUT2D eigenvalue weighted by Crippen LogP contribution is -2.69. The summed E-state index contributed by atoms with van der Waals surface area (Å²) in [6.45, 7) is 5.90. The van der Waals surface area contributed by atoms with Crippen LogP contribution in [0.1, 0.15) is 46.0 Å². The number of hydrogen-bond donors (Lipinski definition) is 1. The Hall–Kier alpha value is -0.290. The first-order valence-corrected chi connectivity index (χ1v) is 7.24. The van der Waals surface area contributed by atoms with E-state index in [2.05, 4.69) is 19.2 Å². The summed E-state index contributed by atoms with van der Waals surface area (Å²) < 4.78 is 41.9. The molecule has 3 atom stereocenters. The minimum absolute atomic E-state index is 0.106. The number of unbranched alkanes of at least 4 members (excludes halogenated alkanes) is 1. The van der Waals surface area contributed by atoms with Gasteiger partial charge in [0, 0.05) is 30.4 Å². The van der Waals surface area contributed by atoms with Gasteiger partial charge in [0.1, 0.15) is 0 Å². The second-order valence-electron chi connectivity index (χ2n) is 6.42. The van der Waals surface area contributed by atoms with Crippen LogP contribution in [0.3, 0.4) is 0 Å². The highest BCUT2D eigenvalue weighted by Gasteiger charge is 2.57. The van der Waals surface area contributed by atoms with Crippen molar-refractivity contribution >= 4 is 0 Å². The van der Waals surface area contributed by atoms with Crippen LogP contribution in [0.4, 0.5) is 13.2 Å². The summed E-state index contributed by atoms with van der Waals surface area (Å²) in [5, 5.41) is 3.45. The molecule has 2 fully saturated rings. The standard InChI is InChI=1S/C14H24F3NO/c1-13(2)11(10-6-5-9-19-12(10)13)18-8-4-3-7-14(15,16)17/h10-12,18H,3-9H2,1-2H3. The summed E-state index contributed by atoms with van der Waals surface area (Å²) in [7, 11) is 0. The molecule has 0 aromatic heterocycles. The molecule has 1 aliphatic carbocycles. The maximum absolute atomic E-state index is 12.0. The fourth-order valence-electron chi connectivity index (χ4n) is 3.64. The Morgan fingerprint density at radius 1 is 1.26 bits per heavy atom. The first-order valence-electron chi connectivity index (χ1n) is 7.24. The number of rotatable bonds is 5. The van der Waals surface area contributed by atoms with Gasteiger partial charge < -0.3 is 10.1 Å². The van der Waals surface area contributed by atoms with Gasteiger partial charge in [0.25, 0.3) is 0 Å². The molecule has 1 aliphatic heterocycles. The lowest BCUT2D eigenvalue weighted by atomic mass is 9.55. The van der Waals surface area contributed by atoms with E-state index in [4.69, 9.17) is 4.74 Å². The average Bonchev–Trinajstić information content (AvgIpc) is 2.32. The third kappa shape index (κ3) is 3.43. The molecule has 1 saturated carbocycles. The summed E-state index contributed by atoms with van der Waals surface area (Å²) >= 11 is 0. The predicted molar refractivity (Wildman–Crippen MR) is 67.9 cm³/mol. The van der Waals surface area contributed by atoms with E-state index >= 15 is 0 Å². The minimum Gasteiger partial charge on any atom is -0.377 e. The van der Waals surface area contributed by atoms with Crippen molar-refractivity contribution in [2.75, 3.05) is 13.2 Å². The number of hydrogen-bond acceptors (Lipinski definition) is 2. The lowest BCUT2D eigenvalue weighted by Gasteiger charge is -2.60. The van der Waals surface area contributed by atoms with Crippen LogP contribution >= 0.6 is 0 Å². The molecule has 0 spiro atoms. The van der Waals surface area contributed by atoms with Gasteiger partial charge >= 0.3 is 6.18 Å². The third-order valence-corrected chi connectivity index (χ3v) is 4.58. The molecule has 112 valence electrons. The van der Waals surface area contributed by atoms with Crippen LogP contribution < -0.4 is 5.32 Å². The summed E-state index contributed by atoms with van der Waals surface area (Å²) in [5.41, 5.74) is 0.106. The highest BCUT2D eigenvalue weighted by Crippen LogP contribution is 2.51. The Bertz CT molecular complexity index is 304. The highest BCUT2D eigenvalue weighted by molar-refractivity contribution is 5.10. The molecule has 2 rings (SSSR count). The molecule has 1 N–H and O–H groups in total. The molecule has 0 amide bonds. The lowest BCUT2D eigenvalue weighted by molar-refractivity contribution is -0.192. The Morgan fingerprint density at radius 3 is 2.68 bits per heavy atom. The smallest absolute Gasteiger partial charge is 0.377 e. The predicted octanol–water partition coefficient (Wildman–Crippen LogP) is 3.51. The quantitative estimate of drug-likeness (QED) is 0.778. The fraction of sp³-hybridized carbons (Fsp3) is 1.00. The van der Waals surface area contributed by atoms with Crippen molar-refractivity contribution in [2.45, 2.75) is 64.3 Å². The van der Waals surface area contributed by atoms with Crippen molar-refractivity contribution in [2.24, 2.45) is 11.3 Å². The molecule has 0 aromatic carbocycles. The molecular formula is C14H24F3NO. The number of fused-ring (bicyclic) bond motifs is 1. The van der Waals surface area contributed by atoms with E-state index in [0.717, 1.165) is 13.0 Å². The van der Waals surface area contributed by atoms with Crippen molar-refractivity contribution in [3.8, 4) is 0 Å². The van der Waals surface area contributed by atoms with Crippen LogP contribution in [0.15, 0.2) is 0 Å². The number of alkyl halides is 3. The van der Waals surface area contributed by atoms with E-state index < -0.39 is 12.6 Å². The molecule has 3 unspecified atom stereocenters. The van der Waals surface area contributed by atoms with Crippen LogP contribution in [-0.2, 0) is 4.74 Å². The molecule has 2 nitrogen and oxygen atoms in total. The summed E-state index contributed by atoms with van der Waals surface area (Å²) in [4.78, 5) is 0. The van der Waals surface area contributed by atoms with Gasteiger partial charge in [-0.2, -0.15) is 13.2 Å². The van der Waals surface area contributed by atoms with Gasteiger partial charge in [-0.25, -0.2) is 0 Å². The van der Waals surface area contributed by atoms with Crippen molar-refractivity contribution in [1.82, 2.24) is 5.32 Å². The van der Waals surface area contributed by atoms with E-state index in [9.17, 15) is 13.2 Å². The van der Waals surface area contributed by atoms with Crippen LogP contribution in [0.25, 0.3) is 0 Å². The molecule has 19 heavy (non-hydrogen) atoms. The van der Waals surface area contributed by atoms with Crippen LogP contribution in [-0.4, -0.2) is 31.5 Å². The van der Waals surface area contributed by atoms with E-state index in [0.29, 0.717) is 31.0 Å². The van der Waals surface area contributed by atoms with Crippen molar-refractivity contribution in [3.05, 3.63) is 0 Å². The molecule has 0 bridgehead atoms. The van der Waals surface area contributed by atoms with Gasteiger partial charge in [-0.1, -0.05) is 13.8 Å². The Balaban J connectivity index is 1.68. The normalized spacial score (nSPS) is 33.6. The Labute approximate surface area is 113 Å². The zero-order valence-electron chi connectivity index (χ0n) is 11.7. The maximum atomic E-state index is 12.0. The third-order valence-electron chi connectivity index (χ3n) is 4.58. The largest absolute Gasteiger partial charge is 0.389 e. The maximum Gasteiger partial charge on any atom is 0.389 e. The average molecular weight is 279 g/mol. The molecule has 0 radical (unpaired) electrons. The Morgan fingerprint density at radius 2 is 2.00 bits per heavy atom. The van der Waals surface area contributed by atoms with E-state index in [1.807, 2.05) is 0 Å². The number of ether oxygens (including phenoxy) is 1. The van der Waals surface area contributed by atoms with E-state index in [1.54, 1.807) is 0 Å². The second-order valence-corrected chi connectivity index (χ2v) is 6.42. The van der Waals surface area contributed by atoms with Crippen molar-refractivity contribution in [3.63, 3.8) is 0 Å². The van der Waals surface area contributed by atoms with Crippen LogP contribution in [0, 0.1) is 11.3 Å². The van der Waals surface area contributed by atoms with Crippen molar-refractivity contribution in [1.29, 1.82) is 0 Å². The molecule has 1 saturated heterocycles. The zero-order valence-corrected chi connectivity index (χ0v) is 11.7. The first kappa shape index (κ1) is 15.1. The number of nitrogens with one attached hydrogen (secondary N) is 1.